The van der Waals surface area contributed by atoms with Crippen molar-refractivity contribution in [1.82, 2.24) is 9.47 Å². The summed E-state index contributed by atoms with van der Waals surface area (Å²) in [4.78, 5) is 35.0. The Balaban J connectivity index is 1.56. The predicted molar refractivity (Wildman–Crippen MR) is 186 cm³/mol. The Hall–Kier alpha value is -4.14. The molecule has 2 heterocycles. The molecule has 0 saturated heterocycles. The van der Waals surface area contributed by atoms with Gasteiger partial charge in [0.1, 0.15) is 6.61 Å². The number of hydrogen-bond acceptors (Lipinski definition) is 6. The maximum absolute atomic E-state index is 14.1. The highest BCUT2D eigenvalue weighted by molar-refractivity contribution is 7.07. The van der Waals surface area contributed by atoms with Crippen molar-refractivity contribution in [3.63, 3.8) is 0 Å². The Morgan fingerprint density at radius 2 is 1.63 bits per heavy atom. The zero-order valence-corrected chi connectivity index (χ0v) is 29.0. The van der Waals surface area contributed by atoms with E-state index >= 15 is 0 Å². The highest BCUT2D eigenvalue weighted by Gasteiger charge is 2.34. The lowest BCUT2D eigenvalue weighted by Gasteiger charge is -2.29. The molecule has 0 N–H and O–H groups in total. The summed E-state index contributed by atoms with van der Waals surface area (Å²) in [6.45, 7) is 15.9. The van der Waals surface area contributed by atoms with Crippen LogP contribution in [0.25, 0.3) is 6.08 Å². The van der Waals surface area contributed by atoms with Gasteiger partial charge in [-0.3, -0.25) is 14.2 Å². The van der Waals surface area contributed by atoms with Crippen molar-refractivity contribution >= 4 is 34.9 Å². The van der Waals surface area contributed by atoms with E-state index < -0.39 is 6.04 Å². The van der Waals surface area contributed by atoms with Crippen molar-refractivity contribution in [3.8, 4) is 11.5 Å². The normalized spacial score (nSPS) is 14.6. The molecule has 240 valence electrons. The Kier molecular flexibility index (Phi) is 10.2. The van der Waals surface area contributed by atoms with Crippen LogP contribution in [0.3, 0.4) is 0 Å². The van der Waals surface area contributed by atoms with E-state index in [1.165, 1.54) is 28.0 Å². The number of amides is 1. The second-order valence-electron chi connectivity index (χ2n) is 11.4. The van der Waals surface area contributed by atoms with Gasteiger partial charge in [0.25, 0.3) is 11.5 Å². The molecule has 4 aromatic rings. The number of fused-ring (bicyclic) bond motifs is 1. The second-order valence-corrected chi connectivity index (χ2v) is 12.9. The van der Waals surface area contributed by atoms with E-state index in [0.717, 1.165) is 16.7 Å². The standard InChI is InChI=1S/C37H40ClN3O4S/c1-8-40(9-2)36(43)33-25(7)39-37-41(34(33)27-12-14-28(38)15-13-27)35(42)32(46-37)20-26-11-16-30(31(19-26)44-10-3)45-21-29-23(5)17-22(4)18-24(29)6/h11-20,34H,8-10,21H2,1-7H3/b32-20+/t34-/m1/s1. The molecule has 46 heavy (non-hydrogen) atoms. The summed E-state index contributed by atoms with van der Waals surface area (Å²) in [5.74, 6) is 1.11. The quantitative estimate of drug-likeness (QED) is 0.191. The van der Waals surface area contributed by atoms with E-state index in [1.54, 1.807) is 21.6 Å². The average Bonchev–Trinajstić information content (AvgIpc) is 3.31. The fraction of sp³-hybridized carbons (Fsp3) is 0.324. The Morgan fingerprint density at radius 3 is 2.26 bits per heavy atom. The number of hydrogen-bond donors (Lipinski definition) is 0. The lowest BCUT2D eigenvalue weighted by atomic mass is 9.94. The molecular weight excluding hydrogens is 618 g/mol. The monoisotopic (exact) mass is 657 g/mol. The summed E-state index contributed by atoms with van der Waals surface area (Å²) in [6, 6.07) is 16.7. The first-order valence-corrected chi connectivity index (χ1v) is 16.8. The molecule has 1 aromatic heterocycles. The number of benzene rings is 3. The number of carbonyl (C=O) groups excluding carboxylic acids is 1. The molecule has 0 unspecified atom stereocenters. The highest BCUT2D eigenvalue weighted by atomic mass is 35.5. The van der Waals surface area contributed by atoms with E-state index in [4.69, 9.17) is 26.1 Å². The number of halogens is 1. The summed E-state index contributed by atoms with van der Waals surface area (Å²) in [6.07, 6.45) is 1.84. The van der Waals surface area contributed by atoms with E-state index in [2.05, 4.69) is 32.9 Å². The maximum atomic E-state index is 14.1. The van der Waals surface area contributed by atoms with Gasteiger partial charge in [-0.1, -0.05) is 58.8 Å². The van der Waals surface area contributed by atoms with E-state index in [-0.39, 0.29) is 11.5 Å². The lowest BCUT2D eigenvalue weighted by Crippen LogP contribution is -2.43. The summed E-state index contributed by atoms with van der Waals surface area (Å²) < 4.78 is 14.4. The van der Waals surface area contributed by atoms with Gasteiger partial charge in [0, 0.05) is 18.1 Å². The Morgan fingerprint density at radius 1 is 0.957 bits per heavy atom. The highest BCUT2D eigenvalue weighted by Crippen LogP contribution is 2.33. The van der Waals surface area contributed by atoms with Gasteiger partial charge in [-0.2, -0.15) is 0 Å². The van der Waals surface area contributed by atoms with Crippen LogP contribution < -0.4 is 24.4 Å². The third kappa shape index (κ3) is 6.69. The van der Waals surface area contributed by atoms with Gasteiger partial charge in [-0.15, -0.1) is 0 Å². The van der Waals surface area contributed by atoms with E-state index in [0.29, 0.717) is 63.4 Å². The van der Waals surface area contributed by atoms with Crippen molar-refractivity contribution in [2.75, 3.05) is 19.7 Å². The molecule has 1 amide bonds. The molecule has 0 saturated carbocycles. The summed E-state index contributed by atoms with van der Waals surface area (Å²) in [7, 11) is 0. The minimum atomic E-state index is -0.632. The van der Waals surface area contributed by atoms with Crippen LogP contribution in [-0.4, -0.2) is 35.1 Å². The van der Waals surface area contributed by atoms with Crippen LogP contribution in [-0.2, 0) is 11.4 Å². The molecule has 5 rings (SSSR count). The SMILES string of the molecule is CCOc1cc(/C=c2/sc3n(c2=O)[C@H](c2ccc(Cl)cc2)C(C(=O)N(CC)CC)=C(C)N=3)ccc1OCc1c(C)cc(C)cc1C. The van der Waals surface area contributed by atoms with Gasteiger partial charge in [-0.05, 0) is 107 Å². The van der Waals surface area contributed by atoms with Crippen LogP contribution >= 0.6 is 22.9 Å². The van der Waals surface area contributed by atoms with Gasteiger partial charge >= 0.3 is 0 Å². The molecular formula is C37H40ClN3O4S. The average molecular weight is 658 g/mol. The number of aromatic nitrogens is 1. The number of rotatable bonds is 10. The van der Waals surface area contributed by atoms with Crippen LogP contribution in [0.4, 0.5) is 0 Å². The third-order valence-electron chi connectivity index (χ3n) is 8.27. The molecule has 1 aliphatic heterocycles. The molecule has 0 fully saturated rings. The maximum Gasteiger partial charge on any atom is 0.271 e. The van der Waals surface area contributed by atoms with E-state index in [1.807, 2.05) is 64.1 Å². The first-order chi connectivity index (χ1) is 22.1. The molecule has 0 radical (unpaired) electrons. The number of ether oxygens (including phenoxy) is 2. The summed E-state index contributed by atoms with van der Waals surface area (Å²) in [5.41, 5.74) is 7.22. The van der Waals surface area contributed by atoms with Crippen LogP contribution in [0.1, 0.15) is 67.1 Å². The third-order valence-corrected chi connectivity index (χ3v) is 9.50. The van der Waals surface area contributed by atoms with Crippen LogP contribution in [0.15, 0.2) is 75.7 Å². The largest absolute Gasteiger partial charge is 0.490 e. The van der Waals surface area contributed by atoms with E-state index in [9.17, 15) is 9.59 Å². The first-order valence-electron chi connectivity index (χ1n) is 15.6. The molecule has 0 spiro atoms. The fourth-order valence-electron chi connectivity index (χ4n) is 5.98. The summed E-state index contributed by atoms with van der Waals surface area (Å²) in [5, 5.41) is 0.579. The van der Waals surface area contributed by atoms with Crippen molar-refractivity contribution in [2.24, 2.45) is 4.99 Å². The van der Waals surface area contributed by atoms with Crippen molar-refractivity contribution in [1.29, 1.82) is 0 Å². The number of nitrogens with zero attached hydrogens (tertiary/aromatic N) is 3. The summed E-state index contributed by atoms with van der Waals surface area (Å²) >= 11 is 7.52. The molecule has 9 heteroatoms. The molecule has 3 aromatic carbocycles. The van der Waals surface area contributed by atoms with Gasteiger partial charge in [0.15, 0.2) is 16.3 Å². The number of likely N-dealkylation sites (N-methyl/N-ethyl adjacent to an activating group) is 1. The molecule has 0 bridgehead atoms. The number of thiazole rings is 1. The van der Waals surface area contributed by atoms with Gasteiger partial charge < -0.3 is 14.4 Å². The van der Waals surface area contributed by atoms with Gasteiger partial charge in [-0.25, -0.2) is 4.99 Å². The Labute approximate surface area is 279 Å². The number of allylic oxidation sites excluding steroid dienone is 1. The number of carbonyl (C=O) groups is 1. The first kappa shape index (κ1) is 33.2. The number of aryl methyl sites for hydroxylation is 3. The Bertz CT molecular complexity index is 1970. The van der Waals surface area contributed by atoms with Crippen LogP contribution in [0, 0.1) is 20.8 Å². The molecule has 1 atom stereocenters. The second kappa shape index (κ2) is 14.1. The molecule has 0 aliphatic carbocycles. The minimum Gasteiger partial charge on any atom is -0.490 e. The zero-order valence-electron chi connectivity index (χ0n) is 27.4. The van der Waals surface area contributed by atoms with Crippen LogP contribution in [0.5, 0.6) is 11.5 Å². The zero-order chi connectivity index (χ0) is 33.1. The minimum absolute atomic E-state index is 0.131. The van der Waals surface area contributed by atoms with Crippen molar-refractivity contribution < 1.29 is 14.3 Å². The molecule has 7 nitrogen and oxygen atoms in total. The van der Waals surface area contributed by atoms with Crippen LogP contribution in [0.2, 0.25) is 5.02 Å². The predicted octanol–water partition coefficient (Wildman–Crippen LogP) is 6.66. The molecule has 1 aliphatic rings. The topological polar surface area (TPSA) is 73.1 Å². The van der Waals surface area contributed by atoms with Gasteiger partial charge in [0.05, 0.1) is 28.5 Å². The fourth-order valence-corrected chi connectivity index (χ4v) is 7.15. The van der Waals surface area contributed by atoms with Crippen molar-refractivity contribution in [3.05, 3.63) is 124 Å². The van der Waals surface area contributed by atoms with Gasteiger partial charge in [0.2, 0.25) is 0 Å². The smallest absolute Gasteiger partial charge is 0.271 e. The van der Waals surface area contributed by atoms with Crippen molar-refractivity contribution in [2.45, 2.75) is 61.1 Å². The lowest BCUT2D eigenvalue weighted by molar-refractivity contribution is -0.127.